The standard InChI is InChI=1S/C14H22N4O/c1-15-13-4-3-11(9-17-13)10-18-7-5-12(6-8-18)14(19)16-2/h3-4,9,12H,5-8,10H2,1-2H3,(H,15,17)(H,16,19). The highest BCUT2D eigenvalue weighted by Crippen LogP contribution is 2.19. The highest BCUT2D eigenvalue weighted by atomic mass is 16.1. The van der Waals surface area contributed by atoms with Crippen LogP contribution in [0.25, 0.3) is 0 Å². The molecular formula is C14H22N4O. The summed E-state index contributed by atoms with van der Waals surface area (Å²) in [5, 5.41) is 5.75. The van der Waals surface area contributed by atoms with Gasteiger partial charge in [0.2, 0.25) is 5.91 Å². The summed E-state index contributed by atoms with van der Waals surface area (Å²) in [5.41, 5.74) is 1.22. The van der Waals surface area contributed by atoms with E-state index in [2.05, 4.69) is 26.6 Å². The maximum Gasteiger partial charge on any atom is 0.222 e. The molecule has 0 radical (unpaired) electrons. The average molecular weight is 262 g/mol. The number of anilines is 1. The lowest BCUT2D eigenvalue weighted by Gasteiger charge is -2.30. The van der Waals surface area contributed by atoms with E-state index in [1.54, 1.807) is 7.05 Å². The van der Waals surface area contributed by atoms with E-state index >= 15 is 0 Å². The second-order valence-electron chi connectivity index (χ2n) is 4.97. The number of amides is 1. The summed E-state index contributed by atoms with van der Waals surface area (Å²) in [5.74, 6) is 1.26. The number of carbonyl (C=O) groups excluding carboxylic acids is 1. The molecule has 1 amide bonds. The summed E-state index contributed by atoms with van der Waals surface area (Å²) in [6.07, 6.45) is 3.81. The number of pyridine rings is 1. The molecular weight excluding hydrogens is 240 g/mol. The molecule has 2 N–H and O–H groups in total. The molecule has 1 aliphatic heterocycles. The predicted octanol–water partition coefficient (Wildman–Crippen LogP) is 1.08. The summed E-state index contributed by atoms with van der Waals surface area (Å²) in [6.45, 7) is 2.87. The number of rotatable bonds is 4. The first-order chi connectivity index (χ1) is 9.22. The van der Waals surface area contributed by atoms with Crippen molar-refractivity contribution in [1.82, 2.24) is 15.2 Å². The van der Waals surface area contributed by atoms with Crippen molar-refractivity contribution in [2.24, 2.45) is 5.92 Å². The normalized spacial score (nSPS) is 17.2. The van der Waals surface area contributed by atoms with Crippen molar-refractivity contribution in [3.05, 3.63) is 23.9 Å². The Kier molecular flexibility index (Phi) is 4.74. The van der Waals surface area contributed by atoms with Crippen LogP contribution in [0, 0.1) is 5.92 Å². The Bertz CT molecular complexity index is 410. The van der Waals surface area contributed by atoms with Gasteiger partial charge >= 0.3 is 0 Å². The van der Waals surface area contributed by atoms with Gasteiger partial charge in [0.25, 0.3) is 0 Å². The zero-order valence-corrected chi connectivity index (χ0v) is 11.6. The van der Waals surface area contributed by atoms with E-state index in [1.165, 1.54) is 5.56 Å². The van der Waals surface area contributed by atoms with Gasteiger partial charge in [0.1, 0.15) is 5.82 Å². The second kappa shape index (κ2) is 6.52. The van der Waals surface area contributed by atoms with Gasteiger partial charge in [-0.1, -0.05) is 6.07 Å². The fraction of sp³-hybridized carbons (Fsp3) is 0.571. The number of aromatic nitrogens is 1. The number of carbonyl (C=O) groups is 1. The van der Waals surface area contributed by atoms with Crippen molar-refractivity contribution >= 4 is 11.7 Å². The van der Waals surface area contributed by atoms with E-state index in [-0.39, 0.29) is 11.8 Å². The van der Waals surface area contributed by atoms with E-state index in [0.717, 1.165) is 38.3 Å². The fourth-order valence-corrected chi connectivity index (χ4v) is 2.48. The third-order valence-electron chi connectivity index (χ3n) is 3.69. The molecule has 1 aliphatic rings. The molecule has 0 aliphatic carbocycles. The molecule has 104 valence electrons. The average Bonchev–Trinajstić information content (AvgIpc) is 2.48. The largest absolute Gasteiger partial charge is 0.373 e. The highest BCUT2D eigenvalue weighted by molar-refractivity contribution is 5.78. The van der Waals surface area contributed by atoms with Crippen LogP contribution in [-0.2, 0) is 11.3 Å². The van der Waals surface area contributed by atoms with Gasteiger partial charge in [-0.2, -0.15) is 0 Å². The van der Waals surface area contributed by atoms with E-state index in [4.69, 9.17) is 0 Å². The number of likely N-dealkylation sites (tertiary alicyclic amines) is 1. The van der Waals surface area contributed by atoms with Gasteiger partial charge in [0, 0.05) is 32.8 Å². The molecule has 5 heteroatoms. The molecule has 1 aromatic rings. The van der Waals surface area contributed by atoms with Crippen LogP contribution in [0.5, 0.6) is 0 Å². The fourth-order valence-electron chi connectivity index (χ4n) is 2.48. The molecule has 1 saturated heterocycles. The van der Waals surface area contributed by atoms with Gasteiger partial charge in [-0.3, -0.25) is 9.69 Å². The lowest BCUT2D eigenvalue weighted by molar-refractivity contribution is -0.125. The Hall–Kier alpha value is -1.62. The van der Waals surface area contributed by atoms with Crippen LogP contribution >= 0.6 is 0 Å². The van der Waals surface area contributed by atoms with Crippen LogP contribution in [0.1, 0.15) is 18.4 Å². The molecule has 1 fully saturated rings. The Labute approximate surface area is 114 Å². The molecule has 5 nitrogen and oxygen atoms in total. The number of hydrogen-bond acceptors (Lipinski definition) is 4. The van der Waals surface area contributed by atoms with Crippen LogP contribution < -0.4 is 10.6 Å². The van der Waals surface area contributed by atoms with E-state index in [9.17, 15) is 4.79 Å². The van der Waals surface area contributed by atoms with Gasteiger partial charge < -0.3 is 10.6 Å². The highest BCUT2D eigenvalue weighted by Gasteiger charge is 2.23. The van der Waals surface area contributed by atoms with Crippen LogP contribution in [0.3, 0.4) is 0 Å². The van der Waals surface area contributed by atoms with Crippen molar-refractivity contribution in [3.63, 3.8) is 0 Å². The van der Waals surface area contributed by atoms with E-state index in [0.29, 0.717) is 0 Å². The minimum absolute atomic E-state index is 0.180. The minimum atomic E-state index is 0.180. The van der Waals surface area contributed by atoms with Crippen molar-refractivity contribution in [2.75, 3.05) is 32.5 Å². The summed E-state index contributed by atoms with van der Waals surface area (Å²) in [6, 6.07) is 4.09. The molecule has 1 aromatic heterocycles. The third-order valence-corrected chi connectivity index (χ3v) is 3.69. The number of nitrogens with one attached hydrogen (secondary N) is 2. The maximum absolute atomic E-state index is 11.6. The Morgan fingerprint density at radius 1 is 1.37 bits per heavy atom. The third kappa shape index (κ3) is 3.67. The smallest absolute Gasteiger partial charge is 0.222 e. The predicted molar refractivity (Wildman–Crippen MR) is 75.9 cm³/mol. The second-order valence-corrected chi connectivity index (χ2v) is 4.97. The Morgan fingerprint density at radius 3 is 2.63 bits per heavy atom. The van der Waals surface area contributed by atoms with E-state index in [1.807, 2.05) is 19.3 Å². The summed E-state index contributed by atoms with van der Waals surface area (Å²) in [4.78, 5) is 18.3. The monoisotopic (exact) mass is 262 g/mol. The molecule has 0 aromatic carbocycles. The van der Waals surface area contributed by atoms with Crippen LogP contribution in [0.4, 0.5) is 5.82 Å². The van der Waals surface area contributed by atoms with Gasteiger partial charge in [0.05, 0.1) is 0 Å². The SMILES string of the molecule is CNC(=O)C1CCN(Cc2ccc(NC)nc2)CC1. The lowest BCUT2D eigenvalue weighted by atomic mass is 9.96. The topological polar surface area (TPSA) is 57.3 Å². The molecule has 19 heavy (non-hydrogen) atoms. The van der Waals surface area contributed by atoms with Crippen molar-refractivity contribution in [2.45, 2.75) is 19.4 Å². The van der Waals surface area contributed by atoms with Crippen molar-refractivity contribution < 1.29 is 4.79 Å². The molecule has 0 saturated carbocycles. The summed E-state index contributed by atoms with van der Waals surface area (Å²) in [7, 11) is 3.58. The molecule has 0 spiro atoms. The van der Waals surface area contributed by atoms with Crippen molar-refractivity contribution in [1.29, 1.82) is 0 Å². The van der Waals surface area contributed by atoms with Crippen LogP contribution in [0.2, 0.25) is 0 Å². The number of nitrogens with zero attached hydrogens (tertiary/aromatic N) is 2. The van der Waals surface area contributed by atoms with Crippen LogP contribution in [0.15, 0.2) is 18.3 Å². The molecule has 0 atom stereocenters. The lowest BCUT2D eigenvalue weighted by Crippen LogP contribution is -2.39. The number of hydrogen-bond donors (Lipinski definition) is 2. The van der Waals surface area contributed by atoms with Crippen molar-refractivity contribution in [3.8, 4) is 0 Å². The van der Waals surface area contributed by atoms with Gasteiger partial charge in [-0.15, -0.1) is 0 Å². The van der Waals surface area contributed by atoms with Gasteiger partial charge in [-0.25, -0.2) is 4.98 Å². The summed E-state index contributed by atoms with van der Waals surface area (Å²) >= 11 is 0. The zero-order chi connectivity index (χ0) is 13.7. The molecule has 2 heterocycles. The van der Waals surface area contributed by atoms with E-state index < -0.39 is 0 Å². The Balaban J connectivity index is 1.83. The maximum atomic E-state index is 11.6. The molecule has 2 rings (SSSR count). The van der Waals surface area contributed by atoms with Crippen LogP contribution in [-0.4, -0.2) is 43.0 Å². The first-order valence-electron chi connectivity index (χ1n) is 6.79. The van der Waals surface area contributed by atoms with Gasteiger partial charge in [0.15, 0.2) is 0 Å². The van der Waals surface area contributed by atoms with Gasteiger partial charge in [-0.05, 0) is 37.6 Å². The first-order valence-corrected chi connectivity index (χ1v) is 6.79. The summed E-state index contributed by atoms with van der Waals surface area (Å²) < 4.78 is 0. The zero-order valence-electron chi connectivity index (χ0n) is 11.6. The minimum Gasteiger partial charge on any atom is -0.373 e. The Morgan fingerprint density at radius 2 is 2.11 bits per heavy atom. The first kappa shape index (κ1) is 13.8. The quantitative estimate of drug-likeness (QED) is 0.852. The molecule has 0 unspecified atom stereocenters. The molecule has 0 bridgehead atoms. The number of piperidine rings is 1.